The lowest BCUT2D eigenvalue weighted by molar-refractivity contribution is -0.130. The van der Waals surface area contributed by atoms with Gasteiger partial charge in [-0.25, -0.2) is 0 Å². The summed E-state index contributed by atoms with van der Waals surface area (Å²) in [6, 6.07) is 27.9. The van der Waals surface area contributed by atoms with Gasteiger partial charge in [0.05, 0.1) is 11.4 Å². The fourth-order valence-corrected chi connectivity index (χ4v) is 5.35. The van der Waals surface area contributed by atoms with Gasteiger partial charge in [-0.1, -0.05) is 80.6 Å². The number of amides is 1. The molecule has 2 heterocycles. The summed E-state index contributed by atoms with van der Waals surface area (Å²) in [7, 11) is 0. The van der Waals surface area contributed by atoms with E-state index in [1.807, 2.05) is 0 Å². The minimum absolute atomic E-state index is 0.186. The SMILES string of the molecule is CC(=O)N1CC(C)CCN(Cc2ccccc2)Cc2cccc(n2)CN(Cc2ccccc2)CCC(C)C1. The van der Waals surface area contributed by atoms with Crippen LogP contribution in [0.4, 0.5) is 0 Å². The second-order valence-corrected chi connectivity index (χ2v) is 11.2. The average molecular weight is 513 g/mol. The van der Waals surface area contributed by atoms with Crippen LogP contribution in [0.2, 0.25) is 0 Å². The smallest absolute Gasteiger partial charge is 0.219 e. The van der Waals surface area contributed by atoms with Crippen molar-refractivity contribution in [3.05, 3.63) is 101 Å². The fraction of sp³-hybridized carbons (Fsp3) is 0.455. The van der Waals surface area contributed by atoms with Crippen LogP contribution in [0.1, 0.15) is 56.1 Å². The molecule has 1 aromatic heterocycles. The summed E-state index contributed by atoms with van der Waals surface area (Å²) in [5, 5.41) is 0. The van der Waals surface area contributed by atoms with Gasteiger partial charge in [-0.05, 0) is 61.0 Å². The van der Waals surface area contributed by atoms with Gasteiger partial charge in [-0.15, -0.1) is 0 Å². The summed E-state index contributed by atoms with van der Waals surface area (Å²) in [6.45, 7) is 13.3. The van der Waals surface area contributed by atoms with Gasteiger partial charge in [0.15, 0.2) is 0 Å². The van der Waals surface area contributed by atoms with Crippen molar-refractivity contribution in [3.63, 3.8) is 0 Å². The third-order valence-corrected chi connectivity index (χ3v) is 7.52. The molecule has 1 aliphatic rings. The Kier molecular flexibility index (Phi) is 10.5. The highest BCUT2D eigenvalue weighted by molar-refractivity contribution is 5.73. The lowest BCUT2D eigenvalue weighted by atomic mass is 10.0. The van der Waals surface area contributed by atoms with Crippen molar-refractivity contribution in [1.82, 2.24) is 19.7 Å². The van der Waals surface area contributed by atoms with Crippen LogP contribution in [0.25, 0.3) is 0 Å². The molecule has 0 fully saturated rings. The van der Waals surface area contributed by atoms with Gasteiger partial charge in [0, 0.05) is 46.2 Å². The summed E-state index contributed by atoms with van der Waals surface area (Å²) in [5.74, 6) is 1.06. The zero-order chi connectivity index (χ0) is 26.7. The predicted octanol–water partition coefficient (Wildman–Crippen LogP) is 6.00. The van der Waals surface area contributed by atoms with E-state index in [1.54, 1.807) is 6.92 Å². The van der Waals surface area contributed by atoms with E-state index in [4.69, 9.17) is 4.98 Å². The molecule has 2 unspecified atom stereocenters. The Labute approximate surface area is 229 Å². The third-order valence-electron chi connectivity index (χ3n) is 7.52. The van der Waals surface area contributed by atoms with Gasteiger partial charge < -0.3 is 4.90 Å². The number of carbonyl (C=O) groups excluding carboxylic acids is 1. The first-order valence-electron chi connectivity index (χ1n) is 14.2. The van der Waals surface area contributed by atoms with E-state index < -0.39 is 0 Å². The Morgan fingerprint density at radius 1 is 0.711 bits per heavy atom. The van der Waals surface area contributed by atoms with Gasteiger partial charge in [-0.2, -0.15) is 0 Å². The Balaban J connectivity index is 1.58. The highest BCUT2D eigenvalue weighted by atomic mass is 16.2. The van der Waals surface area contributed by atoms with Crippen molar-refractivity contribution in [3.8, 4) is 0 Å². The molecule has 0 saturated carbocycles. The quantitative estimate of drug-likeness (QED) is 0.430. The summed E-state index contributed by atoms with van der Waals surface area (Å²) < 4.78 is 0. The molecule has 0 aliphatic carbocycles. The molecule has 38 heavy (non-hydrogen) atoms. The van der Waals surface area contributed by atoms with Crippen LogP contribution in [0, 0.1) is 11.8 Å². The molecule has 0 saturated heterocycles. The molecule has 3 aromatic rings. The van der Waals surface area contributed by atoms with E-state index in [-0.39, 0.29) is 5.91 Å². The maximum atomic E-state index is 12.5. The number of rotatable bonds is 4. The molecule has 2 aromatic carbocycles. The molecule has 1 amide bonds. The molecule has 5 nitrogen and oxygen atoms in total. The minimum Gasteiger partial charge on any atom is -0.342 e. The highest BCUT2D eigenvalue weighted by Crippen LogP contribution is 2.18. The maximum Gasteiger partial charge on any atom is 0.219 e. The summed E-state index contributed by atoms with van der Waals surface area (Å²) in [6.07, 6.45) is 2.10. The molecule has 0 spiro atoms. The molecular formula is C33H44N4O. The molecule has 2 atom stereocenters. The standard InChI is InChI=1S/C33H44N4O/c1-27-17-19-35(23-30-11-6-4-7-12-30)25-32-15-10-16-33(34-32)26-36(24-31-13-8-5-9-14-31)20-18-28(2)22-37(21-27)29(3)38/h4-16,27-28H,17-26H2,1-3H3. The van der Waals surface area contributed by atoms with Crippen molar-refractivity contribution in [2.45, 2.75) is 59.8 Å². The summed E-state index contributed by atoms with van der Waals surface area (Å²) >= 11 is 0. The lowest BCUT2D eigenvalue weighted by Gasteiger charge is -2.31. The molecule has 2 bridgehead atoms. The molecule has 202 valence electrons. The van der Waals surface area contributed by atoms with Gasteiger partial charge in [0.25, 0.3) is 0 Å². The number of hydrogen-bond acceptors (Lipinski definition) is 4. The van der Waals surface area contributed by atoms with Crippen molar-refractivity contribution >= 4 is 5.91 Å². The molecule has 4 rings (SSSR count). The molecular weight excluding hydrogens is 468 g/mol. The van der Waals surface area contributed by atoms with Crippen LogP contribution in [0.15, 0.2) is 78.9 Å². The number of benzene rings is 2. The van der Waals surface area contributed by atoms with E-state index >= 15 is 0 Å². The molecule has 5 heteroatoms. The highest BCUT2D eigenvalue weighted by Gasteiger charge is 2.19. The second kappa shape index (κ2) is 14.2. The lowest BCUT2D eigenvalue weighted by Crippen LogP contribution is -2.38. The first-order chi connectivity index (χ1) is 18.4. The summed E-state index contributed by atoms with van der Waals surface area (Å²) in [4.78, 5) is 24.8. The van der Waals surface area contributed by atoms with Crippen LogP contribution in [0.3, 0.4) is 0 Å². The summed E-state index contributed by atoms with van der Waals surface area (Å²) in [5.41, 5.74) is 4.88. The number of carbonyl (C=O) groups is 1. The monoisotopic (exact) mass is 512 g/mol. The first-order valence-corrected chi connectivity index (χ1v) is 14.2. The van der Waals surface area contributed by atoms with Crippen LogP contribution >= 0.6 is 0 Å². The second-order valence-electron chi connectivity index (χ2n) is 11.2. The zero-order valence-electron chi connectivity index (χ0n) is 23.4. The third kappa shape index (κ3) is 9.07. The van der Waals surface area contributed by atoms with E-state index in [0.29, 0.717) is 11.8 Å². The average Bonchev–Trinajstić information content (AvgIpc) is 2.91. The van der Waals surface area contributed by atoms with E-state index in [1.165, 1.54) is 11.1 Å². The van der Waals surface area contributed by atoms with E-state index in [0.717, 1.165) is 76.6 Å². The van der Waals surface area contributed by atoms with Crippen molar-refractivity contribution in [1.29, 1.82) is 0 Å². The zero-order valence-corrected chi connectivity index (χ0v) is 23.4. The van der Waals surface area contributed by atoms with Gasteiger partial charge in [-0.3, -0.25) is 19.6 Å². The van der Waals surface area contributed by atoms with Crippen molar-refractivity contribution in [2.75, 3.05) is 26.2 Å². The normalized spacial score (nSPS) is 20.8. The van der Waals surface area contributed by atoms with E-state index in [9.17, 15) is 4.79 Å². The van der Waals surface area contributed by atoms with Crippen LogP contribution in [-0.4, -0.2) is 51.8 Å². The Morgan fingerprint density at radius 3 is 1.58 bits per heavy atom. The number of nitrogens with zero attached hydrogens (tertiary/aromatic N) is 4. The number of hydrogen-bond donors (Lipinski definition) is 0. The molecule has 1 aliphatic heterocycles. The Hall–Kier alpha value is -3.02. The number of fused-ring (bicyclic) bond motifs is 2. The van der Waals surface area contributed by atoms with Gasteiger partial charge in [0.1, 0.15) is 0 Å². The van der Waals surface area contributed by atoms with Crippen molar-refractivity contribution in [2.24, 2.45) is 11.8 Å². The van der Waals surface area contributed by atoms with Crippen LogP contribution in [0.5, 0.6) is 0 Å². The predicted molar refractivity (Wildman–Crippen MR) is 155 cm³/mol. The minimum atomic E-state index is 0.186. The van der Waals surface area contributed by atoms with Crippen LogP contribution < -0.4 is 0 Å². The first kappa shape index (κ1) is 28.0. The Morgan fingerprint density at radius 2 is 1.16 bits per heavy atom. The Bertz CT molecular complexity index is 1040. The van der Waals surface area contributed by atoms with Crippen molar-refractivity contribution < 1.29 is 4.79 Å². The maximum absolute atomic E-state index is 12.5. The molecule has 0 N–H and O–H groups in total. The fourth-order valence-electron chi connectivity index (χ4n) is 5.35. The topological polar surface area (TPSA) is 39.7 Å². The number of aromatic nitrogens is 1. The van der Waals surface area contributed by atoms with Crippen LogP contribution in [-0.2, 0) is 31.0 Å². The van der Waals surface area contributed by atoms with E-state index in [2.05, 4.69) is 107 Å². The molecule has 0 radical (unpaired) electrons. The van der Waals surface area contributed by atoms with Gasteiger partial charge in [0.2, 0.25) is 5.91 Å². The largest absolute Gasteiger partial charge is 0.342 e. The van der Waals surface area contributed by atoms with Gasteiger partial charge >= 0.3 is 0 Å². The number of pyridine rings is 1.